The lowest BCUT2D eigenvalue weighted by molar-refractivity contribution is -0.123. The van der Waals surface area contributed by atoms with Gasteiger partial charge in [-0.3, -0.25) is 4.79 Å². The van der Waals surface area contributed by atoms with Gasteiger partial charge in [-0.1, -0.05) is 12.1 Å². The Hall–Kier alpha value is -2.96. The first kappa shape index (κ1) is 19.4. The van der Waals surface area contributed by atoms with Gasteiger partial charge in [-0.2, -0.15) is 0 Å². The molecular formula is C19H19F2NO4. The van der Waals surface area contributed by atoms with E-state index < -0.39 is 29.6 Å². The number of nitrogens with one attached hydrogen (secondary N) is 1. The summed E-state index contributed by atoms with van der Waals surface area (Å²) >= 11 is 0. The summed E-state index contributed by atoms with van der Waals surface area (Å²) < 4.78 is 36.8. The zero-order valence-corrected chi connectivity index (χ0v) is 14.6. The number of hydrogen-bond acceptors (Lipinski definition) is 4. The van der Waals surface area contributed by atoms with Crippen LogP contribution in [0.2, 0.25) is 0 Å². The molecule has 0 fully saturated rings. The number of carbonyl (C=O) groups excluding carboxylic acids is 2. The normalized spacial score (nSPS) is 11.6. The standard InChI is InChI=1S/C19H19F2NO4/c1-11-4-5-13(19(24)25-3)8-17(11)26-10-18(23)22-12(2)15-7-6-14(20)9-16(15)21/h4-9,12H,10H2,1-3H3,(H,22,23). The van der Waals surface area contributed by atoms with Gasteiger partial charge in [0.1, 0.15) is 17.4 Å². The third-order valence-corrected chi connectivity index (χ3v) is 3.77. The van der Waals surface area contributed by atoms with Crippen molar-refractivity contribution in [2.75, 3.05) is 13.7 Å². The molecule has 0 aromatic heterocycles. The summed E-state index contributed by atoms with van der Waals surface area (Å²) in [6.45, 7) is 3.03. The lowest BCUT2D eigenvalue weighted by Crippen LogP contribution is -2.31. The van der Waals surface area contributed by atoms with Gasteiger partial charge >= 0.3 is 5.97 Å². The number of ether oxygens (including phenoxy) is 2. The Morgan fingerprint density at radius 1 is 1.15 bits per heavy atom. The molecule has 1 atom stereocenters. The second-order valence-electron chi connectivity index (χ2n) is 5.72. The van der Waals surface area contributed by atoms with E-state index in [1.165, 1.54) is 19.2 Å². The van der Waals surface area contributed by atoms with Gasteiger partial charge in [0, 0.05) is 11.6 Å². The van der Waals surface area contributed by atoms with Crippen LogP contribution in [0.25, 0.3) is 0 Å². The Balaban J connectivity index is 1.99. The number of hydrogen-bond donors (Lipinski definition) is 1. The number of esters is 1. The van der Waals surface area contributed by atoms with Gasteiger partial charge in [-0.15, -0.1) is 0 Å². The summed E-state index contributed by atoms with van der Waals surface area (Å²) in [7, 11) is 1.27. The highest BCUT2D eigenvalue weighted by atomic mass is 19.1. The molecule has 2 rings (SSSR count). The molecule has 0 saturated heterocycles. The highest BCUT2D eigenvalue weighted by Crippen LogP contribution is 2.21. The van der Waals surface area contributed by atoms with Crippen LogP contribution >= 0.6 is 0 Å². The van der Waals surface area contributed by atoms with Crippen LogP contribution in [0.5, 0.6) is 5.75 Å². The smallest absolute Gasteiger partial charge is 0.337 e. The van der Waals surface area contributed by atoms with Crippen LogP contribution in [0.4, 0.5) is 8.78 Å². The minimum Gasteiger partial charge on any atom is -0.483 e. The predicted molar refractivity (Wildman–Crippen MR) is 90.9 cm³/mol. The second-order valence-corrected chi connectivity index (χ2v) is 5.72. The number of amides is 1. The van der Waals surface area contributed by atoms with Crippen molar-refractivity contribution in [1.82, 2.24) is 5.32 Å². The second kappa shape index (κ2) is 8.42. The number of carbonyl (C=O) groups is 2. The molecule has 26 heavy (non-hydrogen) atoms. The molecule has 138 valence electrons. The molecule has 0 spiro atoms. The molecule has 5 nitrogen and oxygen atoms in total. The van der Waals surface area contributed by atoms with Gasteiger partial charge in [0.15, 0.2) is 6.61 Å². The van der Waals surface area contributed by atoms with Crippen molar-refractivity contribution in [2.24, 2.45) is 0 Å². The van der Waals surface area contributed by atoms with Crippen LogP contribution < -0.4 is 10.1 Å². The highest BCUT2D eigenvalue weighted by molar-refractivity contribution is 5.90. The van der Waals surface area contributed by atoms with E-state index in [0.717, 1.165) is 17.7 Å². The van der Waals surface area contributed by atoms with E-state index in [0.29, 0.717) is 11.3 Å². The molecule has 0 heterocycles. The van der Waals surface area contributed by atoms with Crippen molar-refractivity contribution in [1.29, 1.82) is 0 Å². The van der Waals surface area contributed by atoms with Crippen molar-refractivity contribution in [3.63, 3.8) is 0 Å². The molecule has 0 aliphatic carbocycles. The molecule has 0 radical (unpaired) electrons. The van der Waals surface area contributed by atoms with Gasteiger partial charge in [0.05, 0.1) is 18.7 Å². The van der Waals surface area contributed by atoms with Crippen LogP contribution in [0.1, 0.15) is 34.5 Å². The van der Waals surface area contributed by atoms with Crippen LogP contribution in [0, 0.1) is 18.6 Å². The van der Waals surface area contributed by atoms with E-state index >= 15 is 0 Å². The molecule has 1 N–H and O–H groups in total. The average Bonchev–Trinajstić information content (AvgIpc) is 2.60. The van der Waals surface area contributed by atoms with Crippen LogP contribution in [0.15, 0.2) is 36.4 Å². The fourth-order valence-electron chi connectivity index (χ4n) is 2.36. The summed E-state index contributed by atoms with van der Waals surface area (Å²) in [4.78, 5) is 23.6. The minimum atomic E-state index is -0.736. The third-order valence-electron chi connectivity index (χ3n) is 3.77. The lowest BCUT2D eigenvalue weighted by Gasteiger charge is -2.16. The van der Waals surface area contributed by atoms with E-state index in [1.54, 1.807) is 26.0 Å². The number of methoxy groups -OCH3 is 1. The molecule has 1 amide bonds. The van der Waals surface area contributed by atoms with E-state index in [1.807, 2.05) is 0 Å². The average molecular weight is 363 g/mol. The SMILES string of the molecule is COC(=O)c1ccc(C)c(OCC(=O)NC(C)c2ccc(F)cc2F)c1. The summed E-state index contributed by atoms with van der Waals surface area (Å²) in [6, 6.07) is 7.26. The van der Waals surface area contributed by atoms with Crippen LogP contribution in [0.3, 0.4) is 0 Å². The first-order valence-electron chi connectivity index (χ1n) is 7.88. The zero-order valence-electron chi connectivity index (χ0n) is 14.6. The zero-order chi connectivity index (χ0) is 19.3. The Bertz CT molecular complexity index is 823. The first-order chi connectivity index (χ1) is 12.3. The molecule has 0 aliphatic rings. The largest absolute Gasteiger partial charge is 0.483 e. The maximum Gasteiger partial charge on any atom is 0.337 e. The topological polar surface area (TPSA) is 64.6 Å². The van der Waals surface area contributed by atoms with Gasteiger partial charge in [0.25, 0.3) is 5.91 Å². The molecule has 2 aromatic rings. The maximum atomic E-state index is 13.7. The van der Waals surface area contributed by atoms with Crippen molar-refractivity contribution >= 4 is 11.9 Å². The van der Waals surface area contributed by atoms with Gasteiger partial charge in [-0.25, -0.2) is 13.6 Å². The number of halogens is 2. The molecule has 0 bridgehead atoms. The van der Waals surface area contributed by atoms with E-state index in [9.17, 15) is 18.4 Å². The monoisotopic (exact) mass is 363 g/mol. The van der Waals surface area contributed by atoms with E-state index in [2.05, 4.69) is 10.1 Å². The van der Waals surface area contributed by atoms with E-state index in [-0.39, 0.29) is 12.2 Å². The number of aryl methyl sites for hydroxylation is 1. The fraction of sp³-hybridized carbons (Fsp3) is 0.263. The van der Waals surface area contributed by atoms with Crippen molar-refractivity contribution in [3.05, 3.63) is 64.7 Å². The summed E-state index contributed by atoms with van der Waals surface area (Å²) in [6.07, 6.45) is 0. The van der Waals surface area contributed by atoms with E-state index in [4.69, 9.17) is 4.74 Å². The highest BCUT2D eigenvalue weighted by Gasteiger charge is 2.15. The van der Waals surface area contributed by atoms with Crippen LogP contribution in [-0.2, 0) is 9.53 Å². The molecule has 0 aliphatic heterocycles. The Morgan fingerprint density at radius 2 is 1.88 bits per heavy atom. The Labute approximate surface area is 149 Å². The number of rotatable bonds is 6. The molecular weight excluding hydrogens is 344 g/mol. The van der Waals surface area contributed by atoms with Crippen LogP contribution in [-0.4, -0.2) is 25.6 Å². The van der Waals surface area contributed by atoms with Crippen molar-refractivity contribution < 1.29 is 27.8 Å². The quantitative estimate of drug-likeness (QED) is 0.800. The Kier molecular flexibility index (Phi) is 6.27. The van der Waals surface area contributed by atoms with Crippen molar-refractivity contribution in [3.8, 4) is 5.75 Å². The third kappa shape index (κ3) is 4.78. The van der Waals surface area contributed by atoms with Crippen molar-refractivity contribution in [2.45, 2.75) is 19.9 Å². The lowest BCUT2D eigenvalue weighted by atomic mass is 10.1. The minimum absolute atomic E-state index is 0.170. The molecule has 1 unspecified atom stereocenters. The van der Waals surface area contributed by atoms with Gasteiger partial charge < -0.3 is 14.8 Å². The number of benzene rings is 2. The fourth-order valence-corrected chi connectivity index (χ4v) is 2.36. The van der Waals surface area contributed by atoms with Gasteiger partial charge in [-0.05, 0) is 37.6 Å². The van der Waals surface area contributed by atoms with Gasteiger partial charge in [0.2, 0.25) is 0 Å². The summed E-state index contributed by atoms with van der Waals surface area (Å²) in [5, 5.41) is 2.58. The summed E-state index contributed by atoms with van der Waals surface area (Å²) in [5.74, 6) is -2.05. The maximum absolute atomic E-state index is 13.7. The Morgan fingerprint density at radius 3 is 2.54 bits per heavy atom. The molecule has 7 heteroatoms. The first-order valence-corrected chi connectivity index (χ1v) is 7.88. The predicted octanol–water partition coefficient (Wildman–Crippen LogP) is 3.32. The molecule has 2 aromatic carbocycles. The summed E-state index contributed by atoms with van der Waals surface area (Å²) in [5.41, 5.74) is 1.21. The molecule has 0 saturated carbocycles.